The SMILES string of the molecule is OC(CN1CCC2(CCN(c3ccc(OCCN4CCOCC4)cc3)CC2)C1)(Cn1cncn1)c1ccc(F)cc1F. The fourth-order valence-corrected chi connectivity index (χ4v) is 6.72. The molecule has 3 aliphatic heterocycles. The lowest BCUT2D eigenvalue weighted by Gasteiger charge is -2.41. The van der Waals surface area contributed by atoms with E-state index in [-0.39, 0.29) is 24.1 Å². The summed E-state index contributed by atoms with van der Waals surface area (Å²) in [6.45, 7) is 8.93. The molecular weight excluding hydrogens is 542 g/mol. The van der Waals surface area contributed by atoms with E-state index in [1.807, 2.05) is 0 Å². The molecule has 1 unspecified atom stereocenters. The van der Waals surface area contributed by atoms with Crippen LogP contribution in [0.15, 0.2) is 55.1 Å². The Morgan fingerprint density at radius 3 is 2.40 bits per heavy atom. The third kappa shape index (κ3) is 6.75. The van der Waals surface area contributed by atoms with Crippen LogP contribution in [0, 0.1) is 17.0 Å². The molecular formula is C31H40F2N6O3. The lowest BCUT2D eigenvalue weighted by atomic mass is 9.77. The summed E-state index contributed by atoms with van der Waals surface area (Å²) in [5.41, 5.74) is -0.143. The number of benzene rings is 2. The van der Waals surface area contributed by atoms with Crippen molar-refractivity contribution in [2.75, 3.05) is 77.1 Å². The Kier molecular flexibility index (Phi) is 8.71. The molecule has 0 aliphatic carbocycles. The van der Waals surface area contributed by atoms with Crippen LogP contribution in [0.2, 0.25) is 0 Å². The average Bonchev–Trinajstić information content (AvgIpc) is 3.64. The van der Waals surface area contributed by atoms with Gasteiger partial charge >= 0.3 is 0 Å². The molecule has 226 valence electrons. The average molecular weight is 583 g/mol. The number of aromatic nitrogens is 3. The first-order valence-corrected chi connectivity index (χ1v) is 14.9. The van der Waals surface area contributed by atoms with Gasteiger partial charge in [0.1, 0.15) is 42.2 Å². The monoisotopic (exact) mass is 582 g/mol. The van der Waals surface area contributed by atoms with E-state index in [4.69, 9.17) is 9.47 Å². The van der Waals surface area contributed by atoms with Crippen molar-refractivity contribution < 1.29 is 23.4 Å². The Hall–Kier alpha value is -3.12. The third-order valence-corrected chi connectivity index (χ3v) is 9.13. The van der Waals surface area contributed by atoms with Crippen molar-refractivity contribution in [1.82, 2.24) is 24.6 Å². The van der Waals surface area contributed by atoms with E-state index in [1.165, 1.54) is 35.2 Å². The van der Waals surface area contributed by atoms with Gasteiger partial charge in [0.05, 0.1) is 19.8 Å². The minimum atomic E-state index is -1.58. The molecule has 3 saturated heterocycles. The summed E-state index contributed by atoms with van der Waals surface area (Å²) in [5.74, 6) is -0.534. The Bertz CT molecular complexity index is 1300. The Morgan fingerprint density at radius 2 is 1.69 bits per heavy atom. The molecule has 0 bridgehead atoms. The molecule has 1 N–H and O–H groups in total. The van der Waals surface area contributed by atoms with Crippen molar-refractivity contribution in [1.29, 1.82) is 0 Å². The van der Waals surface area contributed by atoms with Gasteiger partial charge in [0, 0.05) is 63.1 Å². The lowest BCUT2D eigenvalue weighted by molar-refractivity contribution is -0.0192. The summed E-state index contributed by atoms with van der Waals surface area (Å²) >= 11 is 0. The number of β-amino-alcohol motifs (C(OH)–C–C–N with tert-alkyl or cyclic N) is 1. The van der Waals surface area contributed by atoms with Gasteiger partial charge in [-0.25, -0.2) is 18.4 Å². The van der Waals surface area contributed by atoms with Gasteiger partial charge in [-0.1, -0.05) is 6.07 Å². The summed E-state index contributed by atoms with van der Waals surface area (Å²) in [4.78, 5) is 11.0. The van der Waals surface area contributed by atoms with Crippen molar-refractivity contribution in [3.63, 3.8) is 0 Å². The number of morpholine rings is 1. The van der Waals surface area contributed by atoms with Gasteiger partial charge in [-0.2, -0.15) is 5.10 Å². The molecule has 3 aromatic rings. The molecule has 0 amide bonds. The molecule has 2 aromatic carbocycles. The summed E-state index contributed by atoms with van der Waals surface area (Å²) < 4.78 is 41.4. The van der Waals surface area contributed by atoms with Gasteiger partial charge in [0.2, 0.25) is 0 Å². The van der Waals surface area contributed by atoms with Crippen LogP contribution in [-0.2, 0) is 16.9 Å². The van der Waals surface area contributed by atoms with E-state index in [9.17, 15) is 13.9 Å². The maximum Gasteiger partial charge on any atom is 0.137 e. The molecule has 42 heavy (non-hydrogen) atoms. The zero-order valence-electron chi connectivity index (χ0n) is 24.0. The van der Waals surface area contributed by atoms with Crippen molar-refractivity contribution in [2.24, 2.45) is 5.41 Å². The molecule has 1 atom stereocenters. The predicted molar refractivity (Wildman–Crippen MR) is 154 cm³/mol. The van der Waals surface area contributed by atoms with Crippen LogP contribution >= 0.6 is 0 Å². The second kappa shape index (κ2) is 12.6. The number of likely N-dealkylation sites (tertiary alicyclic amines) is 1. The second-order valence-corrected chi connectivity index (χ2v) is 12.0. The number of piperidine rings is 1. The highest BCUT2D eigenvalue weighted by atomic mass is 19.1. The van der Waals surface area contributed by atoms with E-state index in [1.54, 1.807) is 0 Å². The van der Waals surface area contributed by atoms with Gasteiger partial charge in [0.25, 0.3) is 0 Å². The van der Waals surface area contributed by atoms with Crippen molar-refractivity contribution in [3.05, 3.63) is 72.3 Å². The molecule has 9 nitrogen and oxygen atoms in total. The summed E-state index contributed by atoms with van der Waals surface area (Å²) in [5, 5.41) is 15.9. The van der Waals surface area contributed by atoms with Crippen LogP contribution in [0.4, 0.5) is 14.5 Å². The molecule has 11 heteroatoms. The minimum Gasteiger partial charge on any atom is -0.492 e. The first-order chi connectivity index (χ1) is 20.4. The zero-order chi connectivity index (χ0) is 29.0. The molecule has 3 fully saturated rings. The first kappa shape index (κ1) is 29.0. The van der Waals surface area contributed by atoms with Crippen molar-refractivity contribution >= 4 is 5.69 Å². The third-order valence-electron chi connectivity index (χ3n) is 9.13. The van der Waals surface area contributed by atoms with E-state index >= 15 is 0 Å². The number of halogens is 2. The number of hydrogen-bond acceptors (Lipinski definition) is 8. The Labute approximate surface area is 245 Å². The van der Waals surface area contributed by atoms with Crippen LogP contribution in [0.5, 0.6) is 5.75 Å². The normalized spacial score (nSPS) is 21.1. The first-order valence-electron chi connectivity index (χ1n) is 14.9. The van der Waals surface area contributed by atoms with Crippen LogP contribution in [0.25, 0.3) is 0 Å². The summed E-state index contributed by atoms with van der Waals surface area (Å²) in [6.07, 6.45) is 6.01. The number of aliphatic hydroxyl groups is 1. The van der Waals surface area contributed by atoms with Crippen molar-refractivity contribution in [3.8, 4) is 5.75 Å². The fraction of sp³-hybridized carbons (Fsp3) is 0.548. The number of hydrogen-bond donors (Lipinski definition) is 1. The van der Waals surface area contributed by atoms with Crippen LogP contribution in [-0.4, -0.2) is 102 Å². The van der Waals surface area contributed by atoms with E-state index in [0.29, 0.717) is 6.61 Å². The number of rotatable bonds is 10. The minimum absolute atomic E-state index is 0.0275. The zero-order valence-corrected chi connectivity index (χ0v) is 24.0. The standard InChI is InChI=1S/C31H40F2N6O3/c32-25-1-6-28(29(33)19-25)31(40,22-39-24-34-23-35-39)21-37-10-7-30(20-37)8-11-38(12-9-30)26-2-4-27(5-3-26)42-18-15-36-13-16-41-17-14-36/h1-6,19,23-24,40H,7-18,20-22H2. The Morgan fingerprint density at radius 1 is 0.929 bits per heavy atom. The van der Waals surface area contributed by atoms with E-state index in [0.717, 1.165) is 90.1 Å². The number of nitrogens with zero attached hydrogens (tertiary/aromatic N) is 6. The van der Waals surface area contributed by atoms with Gasteiger partial charge in [0.15, 0.2) is 0 Å². The highest BCUT2D eigenvalue weighted by Gasteiger charge is 2.44. The molecule has 0 saturated carbocycles. The summed E-state index contributed by atoms with van der Waals surface area (Å²) in [7, 11) is 0. The quantitative estimate of drug-likeness (QED) is 0.391. The lowest BCUT2D eigenvalue weighted by Crippen LogP contribution is -2.46. The smallest absolute Gasteiger partial charge is 0.137 e. The molecule has 1 aromatic heterocycles. The Balaban J connectivity index is 1.03. The van der Waals surface area contributed by atoms with E-state index in [2.05, 4.69) is 49.0 Å². The molecule has 3 aliphatic rings. The topological polar surface area (TPSA) is 79.1 Å². The predicted octanol–water partition coefficient (Wildman–Crippen LogP) is 3.15. The highest BCUT2D eigenvalue weighted by molar-refractivity contribution is 5.49. The number of anilines is 1. The maximum atomic E-state index is 14.9. The van der Waals surface area contributed by atoms with Gasteiger partial charge < -0.3 is 19.5 Å². The van der Waals surface area contributed by atoms with Gasteiger partial charge in [-0.3, -0.25) is 9.80 Å². The summed E-state index contributed by atoms with van der Waals surface area (Å²) in [6, 6.07) is 11.8. The van der Waals surface area contributed by atoms with Gasteiger partial charge in [-0.05, 0) is 61.6 Å². The fourth-order valence-electron chi connectivity index (χ4n) is 6.72. The van der Waals surface area contributed by atoms with Crippen LogP contribution in [0.3, 0.4) is 0 Å². The van der Waals surface area contributed by atoms with Crippen LogP contribution in [0.1, 0.15) is 24.8 Å². The number of ether oxygens (including phenoxy) is 2. The molecule has 4 heterocycles. The molecule has 0 radical (unpaired) electrons. The molecule has 6 rings (SSSR count). The second-order valence-electron chi connectivity index (χ2n) is 12.0. The van der Waals surface area contributed by atoms with Gasteiger partial charge in [-0.15, -0.1) is 0 Å². The largest absolute Gasteiger partial charge is 0.492 e. The maximum absolute atomic E-state index is 14.9. The molecule has 1 spiro atoms. The van der Waals surface area contributed by atoms with Crippen LogP contribution < -0.4 is 9.64 Å². The highest BCUT2D eigenvalue weighted by Crippen LogP contribution is 2.42. The van der Waals surface area contributed by atoms with E-state index < -0.39 is 17.2 Å². The van der Waals surface area contributed by atoms with Crippen molar-refractivity contribution in [2.45, 2.75) is 31.4 Å².